The highest BCUT2D eigenvalue weighted by Gasteiger charge is 2.23. The van der Waals surface area contributed by atoms with Gasteiger partial charge in [-0.25, -0.2) is 4.79 Å². The fourth-order valence-corrected chi connectivity index (χ4v) is 2.68. The molecule has 1 aliphatic heterocycles. The van der Waals surface area contributed by atoms with Crippen molar-refractivity contribution in [2.45, 2.75) is 39.2 Å². The number of alkyl carbamates (subject to hydrolysis) is 1. The van der Waals surface area contributed by atoms with Crippen LogP contribution in [0.4, 0.5) is 16.2 Å². The molecule has 22 heavy (non-hydrogen) atoms. The minimum atomic E-state index is -0.464. The highest BCUT2D eigenvalue weighted by atomic mass is 16.6. The summed E-state index contributed by atoms with van der Waals surface area (Å²) < 4.78 is 5.27. The molecule has 1 amide bonds. The van der Waals surface area contributed by atoms with E-state index in [1.807, 2.05) is 26.8 Å². The van der Waals surface area contributed by atoms with Gasteiger partial charge in [-0.2, -0.15) is 0 Å². The molecular formula is C16H26N4O2. The number of ether oxygens (including phenoxy) is 1. The zero-order valence-corrected chi connectivity index (χ0v) is 13.6. The average molecular weight is 306 g/mol. The lowest BCUT2D eigenvalue weighted by atomic mass is 9.97. The Kier molecular flexibility index (Phi) is 5.11. The lowest BCUT2D eigenvalue weighted by Gasteiger charge is -2.35. The van der Waals surface area contributed by atoms with Gasteiger partial charge in [-0.15, -0.1) is 0 Å². The van der Waals surface area contributed by atoms with Crippen molar-refractivity contribution < 1.29 is 9.53 Å². The molecule has 1 aliphatic rings. The third kappa shape index (κ3) is 4.79. The van der Waals surface area contributed by atoms with E-state index >= 15 is 0 Å². The van der Waals surface area contributed by atoms with E-state index in [4.69, 9.17) is 10.5 Å². The molecule has 0 aromatic carbocycles. The molecule has 0 aliphatic carbocycles. The van der Waals surface area contributed by atoms with Gasteiger partial charge >= 0.3 is 6.09 Å². The van der Waals surface area contributed by atoms with Crippen LogP contribution in [0.5, 0.6) is 0 Å². The van der Waals surface area contributed by atoms with E-state index in [1.54, 1.807) is 12.4 Å². The predicted molar refractivity (Wildman–Crippen MR) is 87.8 cm³/mol. The number of nitrogen functional groups attached to an aromatic ring is 1. The maximum Gasteiger partial charge on any atom is 0.407 e. The molecule has 1 unspecified atom stereocenters. The van der Waals surface area contributed by atoms with Gasteiger partial charge in [0.25, 0.3) is 0 Å². The van der Waals surface area contributed by atoms with E-state index in [1.165, 1.54) is 0 Å². The first-order valence-electron chi connectivity index (χ1n) is 7.76. The summed E-state index contributed by atoms with van der Waals surface area (Å²) in [6.45, 7) is 8.07. The van der Waals surface area contributed by atoms with Gasteiger partial charge in [0.1, 0.15) is 5.60 Å². The highest BCUT2D eigenvalue weighted by Crippen LogP contribution is 2.26. The van der Waals surface area contributed by atoms with Gasteiger partial charge in [0.05, 0.1) is 17.6 Å². The summed E-state index contributed by atoms with van der Waals surface area (Å²) >= 11 is 0. The molecule has 0 bridgehead atoms. The Balaban J connectivity index is 1.86. The Labute approximate surface area is 132 Å². The molecule has 2 rings (SSSR count). The first-order chi connectivity index (χ1) is 10.3. The van der Waals surface area contributed by atoms with Crippen LogP contribution in [0, 0.1) is 5.92 Å². The molecule has 6 nitrogen and oxygen atoms in total. The van der Waals surface area contributed by atoms with Crippen molar-refractivity contribution >= 4 is 17.5 Å². The number of nitrogens with two attached hydrogens (primary N) is 1. The van der Waals surface area contributed by atoms with Gasteiger partial charge < -0.3 is 20.7 Å². The minimum Gasteiger partial charge on any atom is -0.444 e. The maximum absolute atomic E-state index is 11.7. The molecule has 0 spiro atoms. The Morgan fingerprint density at radius 3 is 3.00 bits per heavy atom. The van der Waals surface area contributed by atoms with Crippen molar-refractivity contribution in [3.8, 4) is 0 Å². The Hall–Kier alpha value is -1.98. The number of hydrogen-bond donors (Lipinski definition) is 2. The number of pyridine rings is 1. The van der Waals surface area contributed by atoms with Gasteiger partial charge in [0.2, 0.25) is 0 Å². The number of rotatable bonds is 3. The number of amides is 1. The molecule has 1 aromatic rings. The van der Waals surface area contributed by atoms with Crippen LogP contribution in [0.2, 0.25) is 0 Å². The van der Waals surface area contributed by atoms with E-state index in [-0.39, 0.29) is 6.09 Å². The summed E-state index contributed by atoms with van der Waals surface area (Å²) in [6.07, 6.45) is 5.26. The lowest BCUT2D eigenvalue weighted by Crippen LogP contribution is -2.42. The summed E-state index contributed by atoms with van der Waals surface area (Å²) in [5.74, 6) is 0.397. The van der Waals surface area contributed by atoms with Crippen LogP contribution in [-0.2, 0) is 4.74 Å². The van der Waals surface area contributed by atoms with Crippen LogP contribution < -0.4 is 16.0 Å². The third-order valence-electron chi connectivity index (χ3n) is 3.62. The summed E-state index contributed by atoms with van der Waals surface area (Å²) in [5, 5.41) is 2.86. The summed E-state index contributed by atoms with van der Waals surface area (Å²) in [6, 6.07) is 1.94. The van der Waals surface area contributed by atoms with Crippen molar-refractivity contribution in [2.75, 3.05) is 30.3 Å². The summed E-state index contributed by atoms with van der Waals surface area (Å²) in [7, 11) is 0. The molecule has 1 atom stereocenters. The summed E-state index contributed by atoms with van der Waals surface area (Å²) in [5.41, 5.74) is 7.25. The van der Waals surface area contributed by atoms with Gasteiger partial charge in [-0.1, -0.05) is 0 Å². The fraction of sp³-hybridized carbons (Fsp3) is 0.625. The smallest absolute Gasteiger partial charge is 0.407 e. The van der Waals surface area contributed by atoms with E-state index in [0.717, 1.165) is 31.6 Å². The molecule has 1 saturated heterocycles. The summed E-state index contributed by atoms with van der Waals surface area (Å²) in [4.78, 5) is 18.0. The van der Waals surface area contributed by atoms with E-state index in [0.29, 0.717) is 18.2 Å². The monoisotopic (exact) mass is 306 g/mol. The van der Waals surface area contributed by atoms with Crippen molar-refractivity contribution in [1.82, 2.24) is 10.3 Å². The average Bonchev–Trinajstić information content (AvgIpc) is 2.44. The Morgan fingerprint density at radius 2 is 2.32 bits per heavy atom. The number of piperidine rings is 1. The van der Waals surface area contributed by atoms with E-state index < -0.39 is 5.60 Å². The second kappa shape index (κ2) is 6.85. The molecule has 0 saturated carbocycles. The lowest BCUT2D eigenvalue weighted by molar-refractivity contribution is 0.0517. The van der Waals surface area contributed by atoms with Crippen LogP contribution in [0.25, 0.3) is 0 Å². The molecule has 0 radical (unpaired) electrons. The van der Waals surface area contributed by atoms with Crippen molar-refractivity contribution in [3.05, 3.63) is 18.5 Å². The minimum absolute atomic E-state index is 0.354. The topological polar surface area (TPSA) is 80.5 Å². The fourth-order valence-electron chi connectivity index (χ4n) is 2.68. The Bertz CT molecular complexity index is 513. The van der Waals surface area contributed by atoms with Crippen LogP contribution in [0.15, 0.2) is 18.5 Å². The largest absolute Gasteiger partial charge is 0.444 e. The SMILES string of the molecule is CC(C)(C)OC(=O)NCC1CCCN(c2ccncc2N)C1. The number of carbonyl (C=O) groups is 1. The molecule has 6 heteroatoms. The van der Waals surface area contributed by atoms with Crippen LogP contribution in [0.3, 0.4) is 0 Å². The highest BCUT2D eigenvalue weighted by molar-refractivity contribution is 5.68. The number of carbonyl (C=O) groups excluding carboxylic acids is 1. The van der Waals surface area contributed by atoms with Gasteiger partial charge in [0.15, 0.2) is 0 Å². The predicted octanol–water partition coefficient (Wildman–Crippen LogP) is 2.40. The van der Waals surface area contributed by atoms with Crippen LogP contribution >= 0.6 is 0 Å². The zero-order chi connectivity index (χ0) is 16.2. The standard InChI is InChI=1S/C16H26N4O2/c1-16(2,3)22-15(21)19-9-12-5-4-8-20(11-12)14-6-7-18-10-13(14)17/h6-7,10,12H,4-5,8-9,11,17H2,1-3H3,(H,19,21). The molecular weight excluding hydrogens is 280 g/mol. The first kappa shape index (κ1) is 16.4. The second-order valence-corrected chi connectivity index (χ2v) is 6.77. The number of nitrogens with zero attached hydrogens (tertiary/aromatic N) is 2. The van der Waals surface area contributed by atoms with Gasteiger partial charge in [-0.3, -0.25) is 4.98 Å². The van der Waals surface area contributed by atoms with Crippen molar-refractivity contribution in [2.24, 2.45) is 5.92 Å². The number of hydrogen-bond acceptors (Lipinski definition) is 5. The van der Waals surface area contributed by atoms with Gasteiger partial charge in [-0.05, 0) is 45.6 Å². The van der Waals surface area contributed by atoms with Crippen molar-refractivity contribution in [3.63, 3.8) is 0 Å². The number of aromatic nitrogens is 1. The van der Waals surface area contributed by atoms with Gasteiger partial charge in [0, 0.05) is 25.8 Å². The third-order valence-corrected chi connectivity index (χ3v) is 3.62. The first-order valence-corrected chi connectivity index (χ1v) is 7.76. The molecule has 2 heterocycles. The maximum atomic E-state index is 11.7. The van der Waals surface area contributed by atoms with E-state index in [2.05, 4.69) is 15.2 Å². The molecule has 3 N–H and O–H groups in total. The van der Waals surface area contributed by atoms with E-state index in [9.17, 15) is 4.79 Å². The second-order valence-electron chi connectivity index (χ2n) is 6.77. The molecule has 122 valence electrons. The number of anilines is 2. The normalized spacial score (nSPS) is 18.9. The zero-order valence-electron chi connectivity index (χ0n) is 13.6. The number of nitrogens with one attached hydrogen (secondary N) is 1. The van der Waals surface area contributed by atoms with Crippen LogP contribution in [-0.4, -0.2) is 36.3 Å². The quantitative estimate of drug-likeness (QED) is 0.896. The Morgan fingerprint density at radius 1 is 1.55 bits per heavy atom. The van der Waals surface area contributed by atoms with Crippen molar-refractivity contribution in [1.29, 1.82) is 0 Å². The van der Waals surface area contributed by atoms with Crippen LogP contribution in [0.1, 0.15) is 33.6 Å². The molecule has 1 fully saturated rings. The molecule has 1 aromatic heterocycles.